The standard InChI is InChI=1S/C11H21N3O4/c1-11(2,3)8(10(18)13-4)14-9(17)6(12)5-7(15)16/h6,8H,5,12H2,1-4H3,(H,13,18)(H,14,17)(H,15,16). The van der Waals surface area contributed by atoms with Gasteiger partial charge in [-0.25, -0.2) is 0 Å². The summed E-state index contributed by atoms with van der Waals surface area (Å²) in [5, 5.41) is 13.5. The smallest absolute Gasteiger partial charge is 0.305 e. The number of hydrogen-bond donors (Lipinski definition) is 4. The van der Waals surface area contributed by atoms with Crippen LogP contribution in [0, 0.1) is 5.41 Å². The zero-order valence-corrected chi connectivity index (χ0v) is 11.1. The minimum absolute atomic E-state index is 0.349. The maximum Gasteiger partial charge on any atom is 0.305 e. The first-order chi connectivity index (χ1) is 8.09. The first kappa shape index (κ1) is 16.4. The van der Waals surface area contributed by atoms with E-state index in [0.29, 0.717) is 0 Å². The Bertz CT molecular complexity index is 336. The number of carboxylic acid groups (broad SMARTS) is 1. The minimum atomic E-state index is -1.17. The van der Waals surface area contributed by atoms with Crippen LogP contribution in [-0.4, -0.2) is 42.0 Å². The molecule has 2 amide bonds. The Kier molecular flexibility index (Phi) is 5.77. The van der Waals surface area contributed by atoms with E-state index in [-0.39, 0.29) is 5.91 Å². The SMILES string of the molecule is CNC(=O)C(NC(=O)C(N)CC(=O)O)C(C)(C)C. The number of nitrogens with two attached hydrogens (primary N) is 1. The topological polar surface area (TPSA) is 122 Å². The number of amides is 2. The van der Waals surface area contributed by atoms with Gasteiger partial charge in [-0.15, -0.1) is 0 Å². The summed E-state index contributed by atoms with van der Waals surface area (Å²) in [6.45, 7) is 5.36. The quantitative estimate of drug-likeness (QED) is 0.508. The zero-order valence-electron chi connectivity index (χ0n) is 11.1. The van der Waals surface area contributed by atoms with E-state index >= 15 is 0 Å². The molecular weight excluding hydrogens is 238 g/mol. The molecule has 0 spiro atoms. The molecule has 0 heterocycles. The van der Waals surface area contributed by atoms with E-state index in [9.17, 15) is 14.4 Å². The van der Waals surface area contributed by atoms with Gasteiger partial charge < -0.3 is 21.5 Å². The van der Waals surface area contributed by atoms with Crippen molar-refractivity contribution < 1.29 is 19.5 Å². The van der Waals surface area contributed by atoms with Crippen LogP contribution in [0.15, 0.2) is 0 Å². The van der Waals surface area contributed by atoms with E-state index < -0.39 is 35.8 Å². The maximum absolute atomic E-state index is 11.7. The number of likely N-dealkylation sites (N-methyl/N-ethyl adjacent to an activating group) is 1. The molecule has 2 unspecified atom stereocenters. The zero-order chi connectivity index (χ0) is 14.5. The van der Waals surface area contributed by atoms with Crippen LogP contribution in [0.4, 0.5) is 0 Å². The molecule has 0 radical (unpaired) electrons. The maximum atomic E-state index is 11.7. The summed E-state index contributed by atoms with van der Waals surface area (Å²) in [7, 11) is 1.46. The molecule has 0 aromatic carbocycles. The van der Waals surface area contributed by atoms with Crippen molar-refractivity contribution in [1.82, 2.24) is 10.6 Å². The predicted octanol–water partition coefficient (Wildman–Crippen LogP) is -0.935. The van der Waals surface area contributed by atoms with Crippen LogP contribution in [0.25, 0.3) is 0 Å². The Balaban J connectivity index is 4.74. The molecule has 0 saturated heterocycles. The molecule has 5 N–H and O–H groups in total. The molecule has 0 fully saturated rings. The molecular formula is C11H21N3O4. The summed E-state index contributed by atoms with van der Waals surface area (Å²) in [4.78, 5) is 33.8. The fourth-order valence-corrected chi connectivity index (χ4v) is 1.35. The van der Waals surface area contributed by atoms with E-state index in [1.807, 2.05) is 0 Å². The predicted molar refractivity (Wildman–Crippen MR) is 65.7 cm³/mol. The van der Waals surface area contributed by atoms with Crippen LogP contribution < -0.4 is 16.4 Å². The number of carbonyl (C=O) groups is 3. The summed E-state index contributed by atoms with van der Waals surface area (Å²) < 4.78 is 0. The van der Waals surface area contributed by atoms with Crippen LogP contribution >= 0.6 is 0 Å². The molecule has 0 aliphatic heterocycles. The van der Waals surface area contributed by atoms with Gasteiger partial charge in [0.25, 0.3) is 0 Å². The minimum Gasteiger partial charge on any atom is -0.481 e. The van der Waals surface area contributed by atoms with Gasteiger partial charge in [0, 0.05) is 7.05 Å². The Hall–Kier alpha value is -1.63. The van der Waals surface area contributed by atoms with Crippen molar-refractivity contribution >= 4 is 17.8 Å². The fraction of sp³-hybridized carbons (Fsp3) is 0.727. The Labute approximate surface area is 106 Å². The molecule has 0 rings (SSSR count). The third kappa shape index (κ3) is 5.13. The molecule has 7 heteroatoms. The second-order valence-electron chi connectivity index (χ2n) is 5.13. The number of carboxylic acids is 1. The van der Waals surface area contributed by atoms with Crippen molar-refractivity contribution in [2.45, 2.75) is 39.3 Å². The third-order valence-corrected chi connectivity index (χ3v) is 2.39. The van der Waals surface area contributed by atoms with Gasteiger partial charge in [0.05, 0.1) is 12.5 Å². The van der Waals surface area contributed by atoms with Crippen LogP contribution in [0.1, 0.15) is 27.2 Å². The van der Waals surface area contributed by atoms with Crippen LogP contribution in [-0.2, 0) is 14.4 Å². The second kappa shape index (κ2) is 6.34. The van der Waals surface area contributed by atoms with E-state index in [1.54, 1.807) is 20.8 Å². The van der Waals surface area contributed by atoms with Crippen molar-refractivity contribution in [3.05, 3.63) is 0 Å². The highest BCUT2D eigenvalue weighted by Crippen LogP contribution is 2.19. The van der Waals surface area contributed by atoms with Crippen molar-refractivity contribution in [2.75, 3.05) is 7.05 Å². The van der Waals surface area contributed by atoms with Gasteiger partial charge in [0.2, 0.25) is 11.8 Å². The highest BCUT2D eigenvalue weighted by molar-refractivity contribution is 5.91. The number of nitrogens with one attached hydrogen (secondary N) is 2. The largest absolute Gasteiger partial charge is 0.481 e. The van der Waals surface area contributed by atoms with Crippen molar-refractivity contribution in [1.29, 1.82) is 0 Å². The summed E-state index contributed by atoms with van der Waals surface area (Å²) in [6, 6.07) is -1.94. The van der Waals surface area contributed by atoms with Gasteiger partial charge >= 0.3 is 5.97 Å². The number of aliphatic carboxylic acids is 1. The monoisotopic (exact) mass is 259 g/mol. The summed E-state index contributed by atoms with van der Waals surface area (Å²) in [6.07, 6.45) is -0.476. The molecule has 2 atom stereocenters. The Morgan fingerprint density at radius 2 is 1.72 bits per heavy atom. The molecule has 104 valence electrons. The molecule has 0 aliphatic carbocycles. The lowest BCUT2D eigenvalue weighted by Gasteiger charge is -2.30. The molecule has 0 saturated carbocycles. The van der Waals surface area contributed by atoms with E-state index in [0.717, 1.165) is 0 Å². The second-order valence-corrected chi connectivity index (χ2v) is 5.13. The molecule has 0 aliphatic rings. The lowest BCUT2D eigenvalue weighted by atomic mass is 9.86. The van der Waals surface area contributed by atoms with Crippen LogP contribution in [0.2, 0.25) is 0 Å². The van der Waals surface area contributed by atoms with Gasteiger partial charge in [-0.3, -0.25) is 14.4 Å². The fourth-order valence-electron chi connectivity index (χ4n) is 1.35. The van der Waals surface area contributed by atoms with Gasteiger partial charge in [0.15, 0.2) is 0 Å². The molecule has 18 heavy (non-hydrogen) atoms. The number of hydrogen-bond acceptors (Lipinski definition) is 4. The van der Waals surface area contributed by atoms with E-state index in [1.165, 1.54) is 7.05 Å². The van der Waals surface area contributed by atoms with Gasteiger partial charge in [-0.05, 0) is 5.41 Å². The number of carbonyl (C=O) groups excluding carboxylic acids is 2. The van der Waals surface area contributed by atoms with E-state index in [2.05, 4.69) is 10.6 Å². The Morgan fingerprint density at radius 3 is 2.06 bits per heavy atom. The molecule has 0 bridgehead atoms. The summed E-state index contributed by atoms with van der Waals surface area (Å²) in [5.41, 5.74) is 4.93. The van der Waals surface area contributed by atoms with Crippen molar-refractivity contribution in [2.24, 2.45) is 11.1 Å². The average Bonchev–Trinajstić information content (AvgIpc) is 2.21. The Morgan fingerprint density at radius 1 is 1.22 bits per heavy atom. The van der Waals surface area contributed by atoms with Gasteiger partial charge in [-0.2, -0.15) is 0 Å². The average molecular weight is 259 g/mol. The molecule has 7 nitrogen and oxygen atoms in total. The first-order valence-corrected chi connectivity index (χ1v) is 5.59. The molecule has 0 aromatic rings. The number of rotatable bonds is 5. The normalized spacial score (nSPS) is 14.5. The summed E-state index contributed by atoms with van der Waals surface area (Å²) >= 11 is 0. The summed E-state index contributed by atoms with van der Waals surface area (Å²) in [5.74, 6) is -2.16. The van der Waals surface area contributed by atoms with Crippen molar-refractivity contribution in [3.8, 4) is 0 Å². The van der Waals surface area contributed by atoms with Gasteiger partial charge in [0.1, 0.15) is 6.04 Å². The van der Waals surface area contributed by atoms with Crippen molar-refractivity contribution in [3.63, 3.8) is 0 Å². The van der Waals surface area contributed by atoms with Gasteiger partial charge in [-0.1, -0.05) is 20.8 Å². The van der Waals surface area contributed by atoms with Crippen LogP contribution in [0.3, 0.4) is 0 Å². The van der Waals surface area contributed by atoms with E-state index in [4.69, 9.17) is 10.8 Å². The van der Waals surface area contributed by atoms with Crippen LogP contribution in [0.5, 0.6) is 0 Å². The third-order valence-electron chi connectivity index (χ3n) is 2.39. The lowest BCUT2D eigenvalue weighted by molar-refractivity contribution is -0.140. The first-order valence-electron chi connectivity index (χ1n) is 5.59. The molecule has 0 aromatic heterocycles. The highest BCUT2D eigenvalue weighted by atomic mass is 16.4. The lowest BCUT2D eigenvalue weighted by Crippen LogP contribution is -2.56. The highest BCUT2D eigenvalue weighted by Gasteiger charge is 2.33.